The van der Waals surface area contributed by atoms with Crippen LogP contribution < -0.4 is 5.32 Å². The zero-order valence-electron chi connectivity index (χ0n) is 8.01. The molecule has 74 valence electrons. The molecule has 1 aromatic heterocycles. The molecule has 0 radical (unpaired) electrons. The Bertz CT molecular complexity index is 436. The van der Waals surface area contributed by atoms with Gasteiger partial charge in [0.25, 0.3) is 0 Å². The van der Waals surface area contributed by atoms with Gasteiger partial charge in [-0.25, -0.2) is 0 Å². The van der Waals surface area contributed by atoms with Crippen molar-refractivity contribution in [3.05, 3.63) is 34.5 Å². The summed E-state index contributed by atoms with van der Waals surface area (Å²) in [6.45, 7) is 1.00. The number of fused-ring (bicyclic) bond motifs is 1. The van der Waals surface area contributed by atoms with Crippen molar-refractivity contribution in [3.63, 3.8) is 0 Å². The molecule has 1 aromatic carbocycles. The highest BCUT2D eigenvalue weighted by atomic mass is 79.9. The number of hydrogen-bond acceptors (Lipinski definition) is 2. The predicted molar refractivity (Wildman–Crippen MR) is 61.5 cm³/mol. The van der Waals surface area contributed by atoms with Crippen molar-refractivity contribution in [2.24, 2.45) is 0 Å². The Balaban J connectivity index is 2.34. The van der Waals surface area contributed by atoms with Crippen LogP contribution in [0.3, 0.4) is 0 Å². The van der Waals surface area contributed by atoms with E-state index in [4.69, 9.17) is 4.42 Å². The van der Waals surface area contributed by atoms with Crippen LogP contribution in [0.25, 0.3) is 11.0 Å². The van der Waals surface area contributed by atoms with Crippen molar-refractivity contribution in [2.75, 3.05) is 13.6 Å². The third kappa shape index (κ3) is 1.83. The number of halogens is 1. The monoisotopic (exact) mass is 253 g/mol. The lowest BCUT2D eigenvalue weighted by Gasteiger charge is -2.00. The minimum Gasteiger partial charge on any atom is -0.463 e. The fraction of sp³-hybridized carbons (Fsp3) is 0.273. The van der Waals surface area contributed by atoms with Crippen LogP contribution in [-0.4, -0.2) is 13.6 Å². The molecule has 0 atom stereocenters. The van der Waals surface area contributed by atoms with Crippen molar-refractivity contribution >= 4 is 26.9 Å². The highest BCUT2D eigenvalue weighted by Gasteiger charge is 2.03. The lowest BCUT2D eigenvalue weighted by molar-refractivity contribution is 0.613. The fourth-order valence-electron chi connectivity index (χ4n) is 1.47. The summed E-state index contributed by atoms with van der Waals surface area (Å²) in [5.41, 5.74) is 2.26. The summed E-state index contributed by atoms with van der Waals surface area (Å²) in [6.07, 6.45) is 2.77. The van der Waals surface area contributed by atoms with Crippen LogP contribution in [0.4, 0.5) is 0 Å². The van der Waals surface area contributed by atoms with Gasteiger partial charge >= 0.3 is 0 Å². The number of hydrogen-bond donors (Lipinski definition) is 1. The van der Waals surface area contributed by atoms with Crippen LogP contribution in [-0.2, 0) is 6.42 Å². The van der Waals surface area contributed by atoms with Crippen LogP contribution in [0, 0.1) is 0 Å². The molecule has 0 bridgehead atoms. The van der Waals surface area contributed by atoms with Gasteiger partial charge in [-0.2, -0.15) is 0 Å². The van der Waals surface area contributed by atoms with Crippen LogP contribution in [0.15, 0.2) is 33.4 Å². The Morgan fingerprint density at radius 1 is 1.43 bits per heavy atom. The molecule has 0 unspecified atom stereocenters. The highest BCUT2D eigenvalue weighted by Crippen LogP contribution is 2.26. The molecule has 1 heterocycles. The number of furan rings is 1. The average molecular weight is 254 g/mol. The van der Waals surface area contributed by atoms with Crippen molar-refractivity contribution in [2.45, 2.75) is 6.42 Å². The molecular formula is C11H12BrNO. The third-order valence-corrected chi connectivity index (χ3v) is 2.87. The van der Waals surface area contributed by atoms with Crippen molar-refractivity contribution in [1.29, 1.82) is 0 Å². The summed E-state index contributed by atoms with van der Waals surface area (Å²) in [5.74, 6) is 0. The molecule has 2 rings (SSSR count). The van der Waals surface area contributed by atoms with Crippen LogP contribution >= 0.6 is 15.9 Å². The molecule has 0 aliphatic carbocycles. The first kappa shape index (κ1) is 9.74. The van der Waals surface area contributed by atoms with Gasteiger partial charge < -0.3 is 9.73 Å². The van der Waals surface area contributed by atoms with Crippen molar-refractivity contribution < 1.29 is 4.42 Å². The highest BCUT2D eigenvalue weighted by molar-refractivity contribution is 9.10. The number of benzene rings is 1. The topological polar surface area (TPSA) is 25.2 Å². The summed E-state index contributed by atoms with van der Waals surface area (Å²) in [4.78, 5) is 0. The molecular weight excluding hydrogens is 242 g/mol. The Morgan fingerprint density at radius 2 is 2.29 bits per heavy atom. The quantitative estimate of drug-likeness (QED) is 0.910. The molecule has 0 fully saturated rings. The lowest BCUT2D eigenvalue weighted by Crippen LogP contribution is -2.10. The number of nitrogens with one attached hydrogen (secondary N) is 1. The van der Waals surface area contributed by atoms with E-state index >= 15 is 0 Å². The second kappa shape index (κ2) is 4.15. The van der Waals surface area contributed by atoms with Crippen molar-refractivity contribution in [1.82, 2.24) is 5.32 Å². The van der Waals surface area contributed by atoms with Gasteiger partial charge in [0.1, 0.15) is 11.8 Å². The summed E-state index contributed by atoms with van der Waals surface area (Å²) >= 11 is 3.46. The van der Waals surface area contributed by atoms with Gasteiger partial charge in [-0.05, 0) is 53.6 Å². The van der Waals surface area contributed by atoms with Gasteiger partial charge in [-0.3, -0.25) is 0 Å². The lowest BCUT2D eigenvalue weighted by atomic mass is 10.1. The standard InChI is InChI=1S/C11H12BrNO/c1-13-5-4-8-2-3-11-9(6-8)10(12)7-14-11/h2-3,6-7,13H,4-5H2,1H3. The van der Waals surface area contributed by atoms with Gasteiger partial charge in [0.05, 0.1) is 4.47 Å². The summed E-state index contributed by atoms with van der Waals surface area (Å²) in [5, 5.41) is 4.29. The van der Waals surface area contributed by atoms with Gasteiger partial charge in [0, 0.05) is 5.39 Å². The first-order chi connectivity index (χ1) is 6.81. The molecule has 0 spiro atoms. The smallest absolute Gasteiger partial charge is 0.135 e. The van der Waals surface area contributed by atoms with E-state index in [0.717, 1.165) is 28.4 Å². The average Bonchev–Trinajstić information content (AvgIpc) is 2.57. The van der Waals surface area contributed by atoms with E-state index in [1.807, 2.05) is 13.1 Å². The zero-order chi connectivity index (χ0) is 9.97. The number of rotatable bonds is 3. The maximum Gasteiger partial charge on any atom is 0.135 e. The van der Waals surface area contributed by atoms with Crippen LogP contribution in [0.2, 0.25) is 0 Å². The van der Waals surface area contributed by atoms with E-state index in [1.54, 1.807) is 6.26 Å². The van der Waals surface area contributed by atoms with Gasteiger partial charge in [0.2, 0.25) is 0 Å². The van der Waals surface area contributed by atoms with E-state index in [2.05, 4.69) is 33.4 Å². The summed E-state index contributed by atoms with van der Waals surface area (Å²) < 4.78 is 6.37. The Morgan fingerprint density at radius 3 is 3.07 bits per heavy atom. The normalized spacial score (nSPS) is 11.0. The molecule has 3 heteroatoms. The molecule has 0 saturated heterocycles. The first-order valence-corrected chi connectivity index (χ1v) is 5.41. The van der Waals surface area contributed by atoms with Crippen LogP contribution in [0.5, 0.6) is 0 Å². The predicted octanol–water partition coefficient (Wildman–Crippen LogP) is 2.96. The minimum atomic E-state index is 0.935. The summed E-state index contributed by atoms with van der Waals surface area (Å²) in [6, 6.07) is 6.29. The van der Waals surface area contributed by atoms with Gasteiger partial charge in [0.15, 0.2) is 0 Å². The molecule has 2 nitrogen and oxygen atoms in total. The molecule has 0 saturated carbocycles. The molecule has 0 amide bonds. The molecule has 0 aliphatic rings. The fourth-order valence-corrected chi connectivity index (χ4v) is 1.87. The Labute approximate surface area is 91.4 Å². The summed E-state index contributed by atoms with van der Waals surface area (Å²) in [7, 11) is 1.96. The van der Waals surface area contributed by atoms with Crippen LogP contribution in [0.1, 0.15) is 5.56 Å². The molecule has 0 aliphatic heterocycles. The molecule has 1 N–H and O–H groups in total. The molecule has 14 heavy (non-hydrogen) atoms. The van der Waals surface area contributed by atoms with Gasteiger partial charge in [-0.1, -0.05) is 6.07 Å². The SMILES string of the molecule is CNCCc1ccc2occ(Br)c2c1. The number of likely N-dealkylation sites (N-methyl/N-ethyl adjacent to an activating group) is 1. The largest absolute Gasteiger partial charge is 0.463 e. The zero-order valence-corrected chi connectivity index (χ0v) is 9.60. The van der Waals surface area contributed by atoms with E-state index in [9.17, 15) is 0 Å². The van der Waals surface area contributed by atoms with Crippen molar-refractivity contribution in [3.8, 4) is 0 Å². The first-order valence-electron chi connectivity index (χ1n) is 4.61. The minimum absolute atomic E-state index is 0.935. The van der Waals surface area contributed by atoms with E-state index in [0.29, 0.717) is 0 Å². The van der Waals surface area contributed by atoms with E-state index in [-0.39, 0.29) is 0 Å². The van der Waals surface area contributed by atoms with E-state index < -0.39 is 0 Å². The second-order valence-corrected chi connectivity index (χ2v) is 4.12. The third-order valence-electron chi connectivity index (χ3n) is 2.25. The Kier molecular flexibility index (Phi) is 2.89. The van der Waals surface area contributed by atoms with Gasteiger partial charge in [-0.15, -0.1) is 0 Å². The maximum atomic E-state index is 5.35. The molecule has 2 aromatic rings. The Hall–Kier alpha value is -0.800. The maximum absolute atomic E-state index is 5.35. The van der Waals surface area contributed by atoms with E-state index in [1.165, 1.54) is 5.56 Å². The second-order valence-electron chi connectivity index (χ2n) is 3.27.